The average Bonchev–Trinajstić information content (AvgIpc) is 2.62. The number of nitrogens with zero attached hydrogens (tertiary/aromatic N) is 4. The molecule has 0 spiro atoms. The summed E-state index contributed by atoms with van der Waals surface area (Å²) in [5.41, 5.74) is 2.98. The van der Waals surface area contributed by atoms with E-state index < -0.39 is 10.2 Å². The minimum absolute atomic E-state index is 0.459. The summed E-state index contributed by atoms with van der Waals surface area (Å²) in [6.45, 7) is 5.73. The van der Waals surface area contributed by atoms with E-state index in [1.807, 2.05) is 6.07 Å². The van der Waals surface area contributed by atoms with Crippen molar-refractivity contribution >= 4 is 27.4 Å². The molecule has 8 heteroatoms. The van der Waals surface area contributed by atoms with Crippen molar-refractivity contribution in [3.63, 3.8) is 0 Å². The number of pyridine rings is 1. The number of nitrogens with one attached hydrogen (secondary N) is 1. The van der Waals surface area contributed by atoms with Crippen LogP contribution in [-0.4, -0.2) is 58.0 Å². The Kier molecular flexibility index (Phi) is 5.33. The van der Waals surface area contributed by atoms with Gasteiger partial charge < -0.3 is 9.80 Å². The highest BCUT2D eigenvalue weighted by atomic mass is 32.2. The van der Waals surface area contributed by atoms with Gasteiger partial charge in [-0.3, -0.25) is 4.72 Å². The summed E-state index contributed by atoms with van der Waals surface area (Å²) in [6, 6.07) is 12.2. The Morgan fingerprint density at radius 1 is 1.04 bits per heavy atom. The maximum atomic E-state index is 11.9. The SMILES string of the molecule is Cc1cccc(N2CCN(c3ccc(NS(=O)(=O)N(C)C)cn3)CC2)c1. The molecule has 0 radical (unpaired) electrons. The molecule has 1 aromatic heterocycles. The molecule has 0 aliphatic carbocycles. The number of hydrogen-bond acceptors (Lipinski definition) is 5. The molecule has 1 aliphatic heterocycles. The van der Waals surface area contributed by atoms with Gasteiger partial charge in [-0.2, -0.15) is 12.7 Å². The van der Waals surface area contributed by atoms with E-state index in [9.17, 15) is 8.42 Å². The smallest absolute Gasteiger partial charge is 0.301 e. The van der Waals surface area contributed by atoms with E-state index >= 15 is 0 Å². The predicted octanol–water partition coefficient (Wildman–Crippen LogP) is 1.93. The molecule has 1 N–H and O–H groups in total. The van der Waals surface area contributed by atoms with Crippen LogP contribution in [0.1, 0.15) is 5.56 Å². The summed E-state index contributed by atoms with van der Waals surface area (Å²) in [5, 5.41) is 0. The molecule has 2 heterocycles. The fourth-order valence-corrected chi connectivity index (χ4v) is 3.49. The minimum atomic E-state index is -3.51. The number of piperazine rings is 1. The number of anilines is 3. The first-order valence-corrected chi connectivity index (χ1v) is 10.0. The van der Waals surface area contributed by atoms with Gasteiger partial charge in [0.1, 0.15) is 5.82 Å². The van der Waals surface area contributed by atoms with Gasteiger partial charge in [-0.1, -0.05) is 12.1 Å². The van der Waals surface area contributed by atoms with Crippen LogP contribution in [0.4, 0.5) is 17.2 Å². The molecule has 0 bridgehead atoms. The quantitative estimate of drug-likeness (QED) is 0.865. The Morgan fingerprint density at radius 3 is 2.31 bits per heavy atom. The maximum absolute atomic E-state index is 11.9. The standard InChI is InChI=1S/C18H25N5O2S/c1-15-5-4-6-17(13-15)22-9-11-23(12-10-22)18-8-7-16(14-19-18)20-26(24,25)21(2)3/h4-8,13-14,20H,9-12H2,1-3H3. The van der Waals surface area contributed by atoms with E-state index in [-0.39, 0.29) is 0 Å². The summed E-state index contributed by atoms with van der Waals surface area (Å²) in [6.07, 6.45) is 1.56. The van der Waals surface area contributed by atoms with Crippen LogP contribution >= 0.6 is 0 Å². The molecule has 0 amide bonds. The van der Waals surface area contributed by atoms with Gasteiger partial charge in [0.25, 0.3) is 0 Å². The predicted molar refractivity (Wildman–Crippen MR) is 106 cm³/mol. The van der Waals surface area contributed by atoms with Crippen molar-refractivity contribution in [3.05, 3.63) is 48.2 Å². The Bertz CT molecular complexity index is 844. The van der Waals surface area contributed by atoms with Crippen LogP contribution in [0.3, 0.4) is 0 Å². The van der Waals surface area contributed by atoms with Gasteiger partial charge in [0.15, 0.2) is 0 Å². The van der Waals surface area contributed by atoms with Crippen LogP contribution in [0.15, 0.2) is 42.6 Å². The highest BCUT2D eigenvalue weighted by molar-refractivity contribution is 7.90. The van der Waals surface area contributed by atoms with Crippen LogP contribution < -0.4 is 14.5 Å². The zero-order chi connectivity index (χ0) is 18.7. The normalized spacial score (nSPS) is 15.4. The summed E-state index contributed by atoms with van der Waals surface area (Å²) < 4.78 is 27.3. The summed E-state index contributed by atoms with van der Waals surface area (Å²) in [4.78, 5) is 9.02. The van der Waals surface area contributed by atoms with E-state index in [2.05, 4.69) is 50.7 Å². The van der Waals surface area contributed by atoms with Crippen LogP contribution in [0.25, 0.3) is 0 Å². The number of hydrogen-bond donors (Lipinski definition) is 1. The van der Waals surface area contributed by atoms with Gasteiger partial charge in [-0.25, -0.2) is 4.98 Å². The maximum Gasteiger partial charge on any atom is 0.301 e. The zero-order valence-corrected chi connectivity index (χ0v) is 16.2. The van der Waals surface area contributed by atoms with E-state index in [0.29, 0.717) is 5.69 Å². The first-order valence-electron chi connectivity index (χ1n) is 8.58. The molecule has 1 fully saturated rings. The lowest BCUT2D eigenvalue weighted by Crippen LogP contribution is -2.46. The molecular formula is C18H25N5O2S. The molecule has 3 rings (SSSR count). The molecule has 140 valence electrons. The van der Waals surface area contributed by atoms with E-state index in [0.717, 1.165) is 36.3 Å². The minimum Gasteiger partial charge on any atom is -0.368 e. The molecular weight excluding hydrogens is 350 g/mol. The fraction of sp³-hybridized carbons (Fsp3) is 0.389. The van der Waals surface area contributed by atoms with Gasteiger partial charge in [-0.05, 0) is 36.8 Å². The first-order chi connectivity index (χ1) is 12.3. The highest BCUT2D eigenvalue weighted by Crippen LogP contribution is 2.21. The van der Waals surface area contributed by atoms with Crippen molar-refractivity contribution in [2.24, 2.45) is 0 Å². The molecule has 26 heavy (non-hydrogen) atoms. The second-order valence-electron chi connectivity index (χ2n) is 6.61. The summed E-state index contributed by atoms with van der Waals surface area (Å²) >= 11 is 0. The number of rotatable bonds is 5. The molecule has 1 aromatic carbocycles. The average molecular weight is 375 g/mol. The van der Waals surface area contributed by atoms with Crippen molar-refractivity contribution in [2.75, 3.05) is 54.8 Å². The summed E-state index contributed by atoms with van der Waals surface area (Å²) in [5.74, 6) is 0.863. The lowest BCUT2D eigenvalue weighted by molar-refractivity contribution is 0.527. The highest BCUT2D eigenvalue weighted by Gasteiger charge is 2.19. The molecule has 7 nitrogen and oxygen atoms in total. The first kappa shape index (κ1) is 18.5. The van der Waals surface area contributed by atoms with Gasteiger partial charge in [-0.15, -0.1) is 0 Å². The number of benzene rings is 1. The number of aryl methyl sites for hydroxylation is 1. The Morgan fingerprint density at radius 2 is 1.73 bits per heavy atom. The van der Waals surface area contributed by atoms with Crippen molar-refractivity contribution in [1.29, 1.82) is 0 Å². The summed E-state index contributed by atoms with van der Waals surface area (Å²) in [7, 11) is -0.539. The Hall–Kier alpha value is -2.32. The molecule has 0 atom stereocenters. The largest absolute Gasteiger partial charge is 0.368 e. The number of aromatic nitrogens is 1. The van der Waals surface area contributed by atoms with E-state index in [4.69, 9.17) is 0 Å². The fourth-order valence-electron chi connectivity index (χ4n) is 2.89. The Labute approximate surface area is 155 Å². The molecule has 2 aromatic rings. The lowest BCUT2D eigenvalue weighted by Gasteiger charge is -2.36. The molecule has 0 unspecified atom stereocenters. The molecule has 0 saturated carbocycles. The second kappa shape index (κ2) is 7.51. The third kappa shape index (κ3) is 4.25. The lowest BCUT2D eigenvalue weighted by atomic mass is 10.2. The molecule has 1 saturated heterocycles. The zero-order valence-electron chi connectivity index (χ0n) is 15.4. The van der Waals surface area contributed by atoms with Crippen LogP contribution in [0.5, 0.6) is 0 Å². The van der Waals surface area contributed by atoms with Crippen molar-refractivity contribution in [1.82, 2.24) is 9.29 Å². The van der Waals surface area contributed by atoms with Crippen molar-refractivity contribution in [2.45, 2.75) is 6.92 Å². The Balaban J connectivity index is 1.61. The van der Waals surface area contributed by atoms with Crippen molar-refractivity contribution in [3.8, 4) is 0 Å². The van der Waals surface area contributed by atoms with Crippen LogP contribution in [-0.2, 0) is 10.2 Å². The van der Waals surface area contributed by atoms with E-state index in [1.54, 1.807) is 12.3 Å². The van der Waals surface area contributed by atoms with Crippen LogP contribution in [0.2, 0.25) is 0 Å². The van der Waals surface area contributed by atoms with E-state index in [1.165, 1.54) is 25.3 Å². The monoisotopic (exact) mass is 375 g/mol. The third-order valence-corrected chi connectivity index (χ3v) is 5.90. The molecule has 1 aliphatic rings. The van der Waals surface area contributed by atoms with Gasteiger partial charge in [0.05, 0.1) is 11.9 Å². The van der Waals surface area contributed by atoms with Gasteiger partial charge in [0.2, 0.25) is 0 Å². The third-order valence-electron chi connectivity index (χ3n) is 4.45. The van der Waals surface area contributed by atoms with Gasteiger partial charge >= 0.3 is 10.2 Å². The van der Waals surface area contributed by atoms with Gasteiger partial charge in [0, 0.05) is 46.0 Å². The topological polar surface area (TPSA) is 68.8 Å². The second-order valence-corrected chi connectivity index (χ2v) is 8.49. The van der Waals surface area contributed by atoms with Crippen molar-refractivity contribution < 1.29 is 8.42 Å². The van der Waals surface area contributed by atoms with Crippen LogP contribution in [0, 0.1) is 6.92 Å².